The average Bonchev–Trinajstić information content (AvgIpc) is 2.53. The van der Waals surface area contributed by atoms with Crippen molar-refractivity contribution >= 4 is 34.2 Å². The molecule has 0 saturated heterocycles. The molecule has 0 bridgehead atoms. The standard InChI is InChI=1S/C16H15IN2O3/c1-11(12-4-8-15(9-5-12)19(21)22)10-18-16(20)13-2-6-14(17)7-3-13/h2-9,11H,10H2,1H3,(H,18,20). The lowest BCUT2D eigenvalue weighted by Gasteiger charge is -2.13. The molecule has 2 aromatic rings. The summed E-state index contributed by atoms with van der Waals surface area (Å²) >= 11 is 2.19. The minimum absolute atomic E-state index is 0.0684. The Hall–Kier alpha value is -1.96. The van der Waals surface area contributed by atoms with Crippen LogP contribution in [0.25, 0.3) is 0 Å². The van der Waals surface area contributed by atoms with Gasteiger partial charge in [-0.1, -0.05) is 19.1 Å². The summed E-state index contributed by atoms with van der Waals surface area (Å²) in [4.78, 5) is 22.2. The van der Waals surface area contributed by atoms with Crippen molar-refractivity contribution in [2.75, 3.05) is 6.54 Å². The van der Waals surface area contributed by atoms with Crippen LogP contribution >= 0.6 is 22.6 Å². The van der Waals surface area contributed by atoms with Crippen LogP contribution < -0.4 is 5.32 Å². The second-order valence-corrected chi connectivity index (χ2v) is 6.21. The second kappa shape index (κ2) is 7.35. The molecule has 0 radical (unpaired) electrons. The first-order valence-electron chi connectivity index (χ1n) is 6.75. The first kappa shape index (κ1) is 16.4. The largest absolute Gasteiger partial charge is 0.351 e. The minimum Gasteiger partial charge on any atom is -0.351 e. The number of carbonyl (C=O) groups is 1. The fourth-order valence-corrected chi connectivity index (χ4v) is 2.35. The predicted octanol–water partition coefficient (Wildman–Crippen LogP) is 3.73. The van der Waals surface area contributed by atoms with Crippen molar-refractivity contribution in [3.05, 3.63) is 73.3 Å². The molecule has 2 aromatic carbocycles. The van der Waals surface area contributed by atoms with Crippen LogP contribution in [-0.4, -0.2) is 17.4 Å². The van der Waals surface area contributed by atoms with E-state index in [0.29, 0.717) is 12.1 Å². The van der Waals surface area contributed by atoms with E-state index in [-0.39, 0.29) is 17.5 Å². The van der Waals surface area contributed by atoms with Crippen LogP contribution in [0.4, 0.5) is 5.69 Å². The molecule has 0 heterocycles. The number of hydrogen-bond acceptors (Lipinski definition) is 3. The summed E-state index contributed by atoms with van der Waals surface area (Å²) in [5.41, 5.74) is 1.64. The molecule has 0 aliphatic carbocycles. The molecule has 5 nitrogen and oxygen atoms in total. The molecule has 114 valence electrons. The van der Waals surface area contributed by atoms with E-state index in [4.69, 9.17) is 0 Å². The third kappa shape index (κ3) is 4.27. The highest BCUT2D eigenvalue weighted by Gasteiger charge is 2.11. The van der Waals surface area contributed by atoms with Crippen molar-refractivity contribution in [1.82, 2.24) is 5.32 Å². The second-order valence-electron chi connectivity index (χ2n) is 4.97. The maximum Gasteiger partial charge on any atom is 0.269 e. The monoisotopic (exact) mass is 410 g/mol. The summed E-state index contributed by atoms with van der Waals surface area (Å²) < 4.78 is 1.08. The van der Waals surface area contributed by atoms with Gasteiger partial charge in [-0.3, -0.25) is 14.9 Å². The van der Waals surface area contributed by atoms with E-state index in [1.165, 1.54) is 12.1 Å². The third-order valence-electron chi connectivity index (χ3n) is 3.35. The highest BCUT2D eigenvalue weighted by Crippen LogP contribution is 2.18. The Morgan fingerprint density at radius 3 is 2.32 bits per heavy atom. The number of rotatable bonds is 5. The minimum atomic E-state index is -0.424. The maximum absolute atomic E-state index is 12.0. The summed E-state index contributed by atoms with van der Waals surface area (Å²) in [7, 11) is 0. The Morgan fingerprint density at radius 1 is 1.18 bits per heavy atom. The van der Waals surface area contributed by atoms with E-state index in [2.05, 4.69) is 27.9 Å². The number of nitro groups is 1. The van der Waals surface area contributed by atoms with E-state index in [1.54, 1.807) is 24.3 Å². The molecule has 22 heavy (non-hydrogen) atoms. The lowest BCUT2D eigenvalue weighted by molar-refractivity contribution is -0.384. The van der Waals surface area contributed by atoms with Gasteiger partial charge in [0.1, 0.15) is 0 Å². The SMILES string of the molecule is CC(CNC(=O)c1ccc(I)cc1)c1ccc([N+](=O)[O-])cc1. The smallest absolute Gasteiger partial charge is 0.269 e. The number of hydrogen-bond donors (Lipinski definition) is 1. The highest BCUT2D eigenvalue weighted by atomic mass is 127. The highest BCUT2D eigenvalue weighted by molar-refractivity contribution is 14.1. The van der Waals surface area contributed by atoms with Gasteiger partial charge in [0.05, 0.1) is 4.92 Å². The topological polar surface area (TPSA) is 72.2 Å². The van der Waals surface area contributed by atoms with Crippen molar-refractivity contribution in [2.45, 2.75) is 12.8 Å². The number of carbonyl (C=O) groups excluding carboxylic acids is 1. The predicted molar refractivity (Wildman–Crippen MR) is 93.0 cm³/mol. The van der Waals surface area contributed by atoms with Crippen LogP contribution in [-0.2, 0) is 0 Å². The van der Waals surface area contributed by atoms with E-state index >= 15 is 0 Å². The van der Waals surface area contributed by atoms with Gasteiger partial charge in [-0.2, -0.15) is 0 Å². The van der Waals surface area contributed by atoms with Crippen LogP contribution in [0.3, 0.4) is 0 Å². The maximum atomic E-state index is 12.0. The summed E-state index contributed by atoms with van der Waals surface area (Å²) in [5.74, 6) is -0.0428. The van der Waals surface area contributed by atoms with E-state index in [0.717, 1.165) is 9.13 Å². The fraction of sp³-hybridized carbons (Fsp3) is 0.188. The van der Waals surface area contributed by atoms with Crippen molar-refractivity contribution in [1.29, 1.82) is 0 Å². The van der Waals surface area contributed by atoms with E-state index in [1.807, 2.05) is 19.1 Å². The Kier molecular flexibility index (Phi) is 5.48. The van der Waals surface area contributed by atoms with Crippen molar-refractivity contribution in [3.8, 4) is 0 Å². The van der Waals surface area contributed by atoms with Gasteiger partial charge >= 0.3 is 0 Å². The fourth-order valence-electron chi connectivity index (χ4n) is 1.99. The average molecular weight is 410 g/mol. The van der Waals surface area contributed by atoms with Crippen LogP contribution in [0.2, 0.25) is 0 Å². The molecule has 1 N–H and O–H groups in total. The van der Waals surface area contributed by atoms with Gasteiger partial charge in [0, 0.05) is 27.8 Å². The number of nitrogens with one attached hydrogen (secondary N) is 1. The summed E-state index contributed by atoms with van der Waals surface area (Å²) in [5, 5.41) is 13.5. The molecule has 0 aliphatic heterocycles. The number of benzene rings is 2. The quantitative estimate of drug-likeness (QED) is 0.464. The van der Waals surface area contributed by atoms with Gasteiger partial charge in [-0.15, -0.1) is 0 Å². The Labute approximate surface area is 142 Å². The van der Waals surface area contributed by atoms with Crippen LogP contribution in [0, 0.1) is 13.7 Å². The molecule has 1 atom stereocenters. The van der Waals surface area contributed by atoms with E-state index < -0.39 is 4.92 Å². The lowest BCUT2D eigenvalue weighted by atomic mass is 10.0. The normalized spacial score (nSPS) is 11.7. The molecule has 0 saturated carbocycles. The molecular weight excluding hydrogens is 395 g/mol. The zero-order chi connectivity index (χ0) is 16.1. The van der Waals surface area contributed by atoms with Crippen LogP contribution in [0.1, 0.15) is 28.8 Å². The molecule has 2 rings (SSSR count). The van der Waals surface area contributed by atoms with E-state index in [9.17, 15) is 14.9 Å². The number of amides is 1. The van der Waals surface area contributed by atoms with Gasteiger partial charge in [0.15, 0.2) is 0 Å². The van der Waals surface area contributed by atoms with Gasteiger partial charge in [0.2, 0.25) is 0 Å². The molecule has 0 spiro atoms. The van der Waals surface area contributed by atoms with Gasteiger partial charge in [0.25, 0.3) is 11.6 Å². The van der Waals surface area contributed by atoms with Crippen LogP contribution in [0.15, 0.2) is 48.5 Å². The van der Waals surface area contributed by atoms with Crippen LogP contribution in [0.5, 0.6) is 0 Å². The molecular formula is C16H15IN2O3. The Morgan fingerprint density at radius 2 is 1.77 bits per heavy atom. The molecule has 1 amide bonds. The Balaban J connectivity index is 1.94. The van der Waals surface area contributed by atoms with Crippen molar-refractivity contribution < 1.29 is 9.72 Å². The van der Waals surface area contributed by atoms with Gasteiger partial charge < -0.3 is 5.32 Å². The summed E-state index contributed by atoms with van der Waals surface area (Å²) in [6.07, 6.45) is 0. The van der Waals surface area contributed by atoms with Crippen molar-refractivity contribution in [3.63, 3.8) is 0 Å². The van der Waals surface area contributed by atoms with Gasteiger partial charge in [-0.05, 0) is 58.3 Å². The number of nitro benzene ring substituents is 1. The summed E-state index contributed by atoms with van der Waals surface area (Å²) in [6.45, 7) is 2.44. The van der Waals surface area contributed by atoms with Gasteiger partial charge in [-0.25, -0.2) is 0 Å². The molecule has 0 aromatic heterocycles. The molecule has 6 heteroatoms. The van der Waals surface area contributed by atoms with Crippen molar-refractivity contribution in [2.24, 2.45) is 0 Å². The molecule has 0 aliphatic rings. The number of nitrogens with zero attached hydrogens (tertiary/aromatic N) is 1. The Bertz CT molecular complexity index is 669. The molecule has 1 unspecified atom stereocenters. The zero-order valence-corrected chi connectivity index (χ0v) is 14.1. The zero-order valence-electron chi connectivity index (χ0n) is 12.0. The summed E-state index contributed by atoms with van der Waals surface area (Å²) in [6, 6.07) is 13.7. The molecule has 0 fully saturated rings. The third-order valence-corrected chi connectivity index (χ3v) is 4.07. The number of halogens is 1. The number of non-ortho nitro benzene ring substituents is 1. The first-order valence-corrected chi connectivity index (χ1v) is 7.83. The lowest BCUT2D eigenvalue weighted by Crippen LogP contribution is -2.27. The first-order chi connectivity index (χ1) is 10.5.